The Bertz CT molecular complexity index is 950. The van der Waals surface area contributed by atoms with Crippen LogP contribution in [0.1, 0.15) is 16.1 Å². The Hall–Kier alpha value is -3.41. The third-order valence-electron chi connectivity index (χ3n) is 4.39. The average Bonchev–Trinajstić information content (AvgIpc) is 3.34. The van der Waals surface area contributed by atoms with Gasteiger partial charge in [0.25, 0.3) is 5.91 Å². The van der Waals surface area contributed by atoms with Gasteiger partial charge in [0, 0.05) is 23.9 Å². The molecule has 0 radical (unpaired) electrons. The smallest absolute Gasteiger partial charge is 0.273 e. The summed E-state index contributed by atoms with van der Waals surface area (Å²) in [7, 11) is 0. The lowest BCUT2D eigenvalue weighted by molar-refractivity contribution is -0.117. The van der Waals surface area contributed by atoms with Gasteiger partial charge in [0.15, 0.2) is 11.5 Å². The van der Waals surface area contributed by atoms with Crippen molar-refractivity contribution < 1.29 is 14.1 Å². The Morgan fingerprint density at radius 2 is 1.85 bits per heavy atom. The summed E-state index contributed by atoms with van der Waals surface area (Å²) < 4.78 is 5.22. The van der Waals surface area contributed by atoms with Gasteiger partial charge in [0.05, 0.1) is 6.54 Å². The number of nitrogens with one attached hydrogen (secondary N) is 1. The lowest BCUT2D eigenvalue weighted by Crippen LogP contribution is -2.39. The zero-order valence-electron chi connectivity index (χ0n) is 14.0. The van der Waals surface area contributed by atoms with Crippen LogP contribution in [-0.4, -0.2) is 30.1 Å². The molecule has 6 heteroatoms. The first-order valence-corrected chi connectivity index (χ1v) is 8.41. The first-order chi connectivity index (χ1) is 12.7. The van der Waals surface area contributed by atoms with Gasteiger partial charge in [-0.2, -0.15) is 0 Å². The van der Waals surface area contributed by atoms with Gasteiger partial charge in [0.1, 0.15) is 0 Å². The molecule has 1 N–H and O–H groups in total. The van der Waals surface area contributed by atoms with E-state index in [2.05, 4.69) is 10.5 Å². The Balaban J connectivity index is 1.39. The number of hydrogen-bond donors (Lipinski definition) is 1. The van der Waals surface area contributed by atoms with Crippen molar-refractivity contribution in [3.8, 4) is 11.3 Å². The number of carbonyl (C=O) groups is 2. The van der Waals surface area contributed by atoms with E-state index < -0.39 is 5.91 Å². The number of fused-ring (bicyclic) bond motifs is 1. The van der Waals surface area contributed by atoms with Crippen molar-refractivity contribution in [1.82, 2.24) is 10.5 Å². The van der Waals surface area contributed by atoms with Crippen molar-refractivity contribution in [1.29, 1.82) is 0 Å². The maximum Gasteiger partial charge on any atom is 0.273 e. The number of para-hydroxylation sites is 1. The first kappa shape index (κ1) is 16.1. The van der Waals surface area contributed by atoms with E-state index in [0.29, 0.717) is 12.3 Å². The molecule has 1 aliphatic heterocycles. The van der Waals surface area contributed by atoms with Crippen LogP contribution in [0.25, 0.3) is 11.3 Å². The quantitative estimate of drug-likeness (QED) is 0.787. The number of benzene rings is 2. The van der Waals surface area contributed by atoms with Crippen LogP contribution in [0.5, 0.6) is 0 Å². The molecule has 0 spiro atoms. The Labute approximate surface area is 150 Å². The van der Waals surface area contributed by atoms with Crippen LogP contribution >= 0.6 is 0 Å². The molecule has 0 saturated carbocycles. The maximum atomic E-state index is 12.4. The fourth-order valence-electron chi connectivity index (χ4n) is 3.06. The first-order valence-electron chi connectivity index (χ1n) is 8.41. The lowest BCUT2D eigenvalue weighted by atomic mass is 10.1. The summed E-state index contributed by atoms with van der Waals surface area (Å²) in [6, 6.07) is 18.8. The highest BCUT2D eigenvalue weighted by molar-refractivity contribution is 6.00. The van der Waals surface area contributed by atoms with Crippen molar-refractivity contribution >= 4 is 17.5 Å². The highest BCUT2D eigenvalue weighted by Crippen LogP contribution is 2.27. The van der Waals surface area contributed by atoms with Gasteiger partial charge >= 0.3 is 0 Å². The van der Waals surface area contributed by atoms with Crippen molar-refractivity contribution in [2.45, 2.75) is 6.42 Å². The van der Waals surface area contributed by atoms with Crippen molar-refractivity contribution in [3.05, 3.63) is 71.9 Å². The Morgan fingerprint density at radius 1 is 1.08 bits per heavy atom. The van der Waals surface area contributed by atoms with Gasteiger partial charge in [-0.15, -0.1) is 0 Å². The number of amides is 2. The zero-order chi connectivity index (χ0) is 17.9. The minimum absolute atomic E-state index is 0.0826. The molecule has 0 unspecified atom stereocenters. The maximum absolute atomic E-state index is 12.4. The highest BCUT2D eigenvalue weighted by Gasteiger charge is 2.24. The third kappa shape index (κ3) is 3.09. The number of carbonyl (C=O) groups excluding carboxylic acids is 2. The van der Waals surface area contributed by atoms with Crippen LogP contribution in [0.2, 0.25) is 0 Å². The van der Waals surface area contributed by atoms with E-state index in [-0.39, 0.29) is 18.1 Å². The van der Waals surface area contributed by atoms with E-state index in [1.54, 1.807) is 11.0 Å². The topological polar surface area (TPSA) is 75.4 Å². The predicted octanol–water partition coefficient (Wildman–Crippen LogP) is 2.66. The van der Waals surface area contributed by atoms with Crippen LogP contribution in [0.3, 0.4) is 0 Å². The molecule has 2 aromatic carbocycles. The number of aromatic nitrogens is 1. The predicted molar refractivity (Wildman–Crippen MR) is 96.8 cm³/mol. The largest absolute Gasteiger partial charge is 0.355 e. The molecule has 1 aromatic heterocycles. The minimum Gasteiger partial charge on any atom is -0.355 e. The van der Waals surface area contributed by atoms with Gasteiger partial charge in [-0.1, -0.05) is 53.7 Å². The average molecular weight is 347 g/mol. The number of anilines is 1. The van der Waals surface area contributed by atoms with Crippen LogP contribution in [0.4, 0.5) is 5.69 Å². The van der Waals surface area contributed by atoms with E-state index in [9.17, 15) is 9.59 Å². The molecule has 0 aliphatic carbocycles. The van der Waals surface area contributed by atoms with E-state index in [4.69, 9.17) is 4.52 Å². The zero-order valence-corrected chi connectivity index (χ0v) is 14.0. The SMILES string of the molecule is O=C(NCC(=O)N1CCc2ccccc21)c1cc(-c2ccccc2)on1. The Morgan fingerprint density at radius 3 is 2.69 bits per heavy atom. The van der Waals surface area contributed by atoms with Crippen LogP contribution in [-0.2, 0) is 11.2 Å². The molecular formula is C20H17N3O3. The molecule has 0 atom stereocenters. The van der Waals surface area contributed by atoms with Crippen LogP contribution < -0.4 is 10.2 Å². The van der Waals surface area contributed by atoms with Gasteiger partial charge in [-0.25, -0.2) is 0 Å². The van der Waals surface area contributed by atoms with Gasteiger partial charge in [-0.05, 0) is 18.1 Å². The summed E-state index contributed by atoms with van der Waals surface area (Å²) in [4.78, 5) is 26.4. The van der Waals surface area contributed by atoms with Crippen LogP contribution in [0, 0.1) is 0 Å². The second-order valence-corrected chi connectivity index (χ2v) is 6.05. The fraction of sp³-hybridized carbons (Fsp3) is 0.150. The molecule has 0 fully saturated rings. The van der Waals surface area contributed by atoms with Crippen molar-refractivity contribution in [2.75, 3.05) is 18.0 Å². The van der Waals surface area contributed by atoms with E-state index >= 15 is 0 Å². The van der Waals surface area contributed by atoms with Crippen molar-refractivity contribution in [3.63, 3.8) is 0 Å². The normalized spacial score (nSPS) is 12.7. The molecule has 2 amide bonds. The summed E-state index contributed by atoms with van der Waals surface area (Å²) in [6.07, 6.45) is 0.833. The molecule has 1 aliphatic rings. The summed E-state index contributed by atoms with van der Waals surface area (Å²) in [6.45, 7) is 0.552. The second-order valence-electron chi connectivity index (χ2n) is 6.05. The van der Waals surface area contributed by atoms with E-state index in [1.807, 2.05) is 54.6 Å². The minimum atomic E-state index is -0.434. The number of hydrogen-bond acceptors (Lipinski definition) is 4. The Kier molecular flexibility index (Phi) is 4.23. The standard InChI is InChI=1S/C20H17N3O3/c24-19(23-11-10-14-6-4-5-9-17(14)23)13-21-20(25)16-12-18(26-22-16)15-7-2-1-3-8-15/h1-9,12H,10-11,13H2,(H,21,25). The summed E-state index contributed by atoms with van der Waals surface area (Å²) >= 11 is 0. The highest BCUT2D eigenvalue weighted by atomic mass is 16.5. The second kappa shape index (κ2) is 6.84. The lowest BCUT2D eigenvalue weighted by Gasteiger charge is -2.17. The number of rotatable bonds is 4. The molecule has 4 rings (SSSR count). The molecule has 0 saturated heterocycles. The molecule has 26 heavy (non-hydrogen) atoms. The molecular weight excluding hydrogens is 330 g/mol. The summed E-state index contributed by atoms with van der Waals surface area (Å²) in [5, 5.41) is 6.41. The van der Waals surface area contributed by atoms with E-state index in [1.165, 1.54) is 0 Å². The van der Waals surface area contributed by atoms with E-state index in [0.717, 1.165) is 23.2 Å². The molecule has 130 valence electrons. The monoisotopic (exact) mass is 347 g/mol. The fourth-order valence-corrected chi connectivity index (χ4v) is 3.06. The van der Waals surface area contributed by atoms with Gasteiger partial charge < -0.3 is 14.7 Å². The molecule has 6 nitrogen and oxygen atoms in total. The molecule has 3 aromatic rings. The van der Waals surface area contributed by atoms with Crippen LogP contribution in [0.15, 0.2) is 65.2 Å². The molecule has 2 heterocycles. The third-order valence-corrected chi connectivity index (χ3v) is 4.39. The summed E-state index contributed by atoms with van der Waals surface area (Å²) in [5.74, 6) is -0.0672. The summed E-state index contributed by atoms with van der Waals surface area (Å²) in [5.41, 5.74) is 3.05. The number of nitrogens with zero attached hydrogens (tertiary/aromatic N) is 2. The van der Waals surface area contributed by atoms with Gasteiger partial charge in [0.2, 0.25) is 5.91 Å². The van der Waals surface area contributed by atoms with Gasteiger partial charge in [-0.3, -0.25) is 9.59 Å². The molecule has 0 bridgehead atoms. The van der Waals surface area contributed by atoms with Crippen molar-refractivity contribution in [2.24, 2.45) is 0 Å².